The maximum atomic E-state index is 14.0. The van der Waals surface area contributed by atoms with Gasteiger partial charge in [-0.1, -0.05) is 24.3 Å². The van der Waals surface area contributed by atoms with Crippen LogP contribution in [0, 0.1) is 25.6 Å². The Morgan fingerprint density at radius 2 is 1.89 bits per heavy atom. The van der Waals surface area contributed by atoms with Crippen molar-refractivity contribution in [3.8, 4) is 17.3 Å². The first kappa shape index (κ1) is 29.7. The first-order chi connectivity index (χ1) is 21.1. The standard InChI is InChI=1S/C33H33FN4O5S/c1-20-11-23-13-25(14-24(23)15-26(20)19-44(40,41)18-22-7-9-42-10-8-22)32(39)27-16-37-38(33(27)35)29-17-36-31(12-21(29)2)43-30-6-4-3-5-28(30)34/h3-6,11-13,15-17,22H,7-10,14,18-19,35H2,1-2H3. The van der Waals surface area contributed by atoms with E-state index >= 15 is 0 Å². The molecule has 228 valence electrons. The van der Waals surface area contributed by atoms with Crippen LogP contribution in [0.5, 0.6) is 11.6 Å². The number of hydrogen-bond acceptors (Lipinski definition) is 8. The van der Waals surface area contributed by atoms with Gasteiger partial charge in [-0.25, -0.2) is 22.5 Å². The number of nitrogens with zero attached hydrogens (tertiary/aromatic N) is 3. The molecule has 2 aliphatic rings. The number of nitrogens with two attached hydrogens (primary N) is 1. The van der Waals surface area contributed by atoms with Crippen LogP contribution in [0.3, 0.4) is 0 Å². The molecular formula is C33H33FN4O5S. The third kappa shape index (κ3) is 6.15. The smallest absolute Gasteiger partial charge is 0.219 e. The molecule has 1 saturated heterocycles. The Hall–Kier alpha value is -4.35. The second kappa shape index (κ2) is 12.0. The number of aryl methyl sites for hydroxylation is 2. The van der Waals surface area contributed by atoms with Crippen molar-refractivity contribution < 1.29 is 27.1 Å². The molecule has 0 amide bonds. The highest BCUT2D eigenvalue weighted by molar-refractivity contribution is 7.90. The molecule has 6 rings (SSSR count). The van der Waals surface area contributed by atoms with Crippen LogP contribution in [0.1, 0.15) is 51.0 Å². The fourth-order valence-electron chi connectivity index (χ4n) is 5.77. The van der Waals surface area contributed by atoms with Gasteiger partial charge in [0.25, 0.3) is 0 Å². The van der Waals surface area contributed by atoms with Crippen molar-refractivity contribution in [2.45, 2.75) is 38.9 Å². The lowest BCUT2D eigenvalue weighted by Crippen LogP contribution is -2.24. The Kier molecular flexibility index (Phi) is 8.08. The topological polar surface area (TPSA) is 126 Å². The van der Waals surface area contributed by atoms with Gasteiger partial charge in [0, 0.05) is 31.3 Å². The Morgan fingerprint density at radius 1 is 1.11 bits per heavy atom. The van der Waals surface area contributed by atoms with Crippen LogP contribution >= 0.6 is 0 Å². The molecule has 0 radical (unpaired) electrons. The monoisotopic (exact) mass is 616 g/mol. The summed E-state index contributed by atoms with van der Waals surface area (Å²) in [5.41, 5.74) is 11.9. The van der Waals surface area contributed by atoms with E-state index in [1.165, 1.54) is 29.2 Å². The van der Waals surface area contributed by atoms with Gasteiger partial charge in [0.2, 0.25) is 5.88 Å². The van der Waals surface area contributed by atoms with Gasteiger partial charge in [0.05, 0.1) is 35.2 Å². The average molecular weight is 617 g/mol. The Bertz CT molecular complexity index is 1890. The number of carbonyl (C=O) groups is 1. The summed E-state index contributed by atoms with van der Waals surface area (Å²) in [5, 5.41) is 4.36. The number of rotatable bonds is 9. The number of halogens is 1. The van der Waals surface area contributed by atoms with Crippen LogP contribution in [-0.2, 0) is 26.7 Å². The molecule has 9 nitrogen and oxygen atoms in total. The number of carbonyl (C=O) groups excluding carboxylic acids is 1. The summed E-state index contributed by atoms with van der Waals surface area (Å²) in [6.45, 7) is 4.93. The SMILES string of the molecule is Cc1cc2c(cc1CS(=O)(=O)CC1CCOCC1)CC(C(=O)c1cnn(-c3cnc(Oc4ccccc4F)cc3C)c1N)=C2. The van der Waals surface area contributed by atoms with Crippen LogP contribution in [0.15, 0.2) is 60.4 Å². The van der Waals surface area contributed by atoms with Crippen molar-refractivity contribution in [2.24, 2.45) is 5.92 Å². The molecule has 3 heterocycles. The summed E-state index contributed by atoms with van der Waals surface area (Å²) in [6.07, 6.45) is 6.68. The molecule has 0 spiro atoms. The van der Waals surface area contributed by atoms with Crippen LogP contribution in [0.25, 0.3) is 11.8 Å². The van der Waals surface area contributed by atoms with E-state index in [0.29, 0.717) is 36.5 Å². The average Bonchev–Trinajstić information content (AvgIpc) is 3.57. The van der Waals surface area contributed by atoms with E-state index in [9.17, 15) is 17.6 Å². The number of hydrogen-bond donors (Lipinski definition) is 1. The maximum Gasteiger partial charge on any atom is 0.219 e. The zero-order chi connectivity index (χ0) is 31.0. The lowest BCUT2D eigenvalue weighted by Gasteiger charge is -2.22. The van der Waals surface area contributed by atoms with Gasteiger partial charge in [0.1, 0.15) is 5.82 Å². The number of ketones is 1. The zero-order valence-electron chi connectivity index (χ0n) is 24.5. The minimum absolute atomic E-state index is 0.0238. The largest absolute Gasteiger partial charge is 0.436 e. The van der Waals surface area contributed by atoms with Crippen LogP contribution < -0.4 is 10.5 Å². The highest BCUT2D eigenvalue weighted by Crippen LogP contribution is 2.33. The Morgan fingerprint density at radius 3 is 2.64 bits per heavy atom. The predicted octanol–water partition coefficient (Wildman–Crippen LogP) is 5.56. The quantitative estimate of drug-likeness (QED) is 0.242. The number of Topliss-reactive ketones (excluding diaryl/α,β-unsaturated/α-hetero) is 1. The number of sulfone groups is 1. The van der Waals surface area contributed by atoms with E-state index in [0.717, 1.165) is 35.1 Å². The van der Waals surface area contributed by atoms with Gasteiger partial charge in [-0.3, -0.25) is 4.79 Å². The van der Waals surface area contributed by atoms with Gasteiger partial charge in [-0.15, -0.1) is 0 Å². The van der Waals surface area contributed by atoms with Crippen molar-refractivity contribution in [3.05, 3.63) is 99.6 Å². The third-order valence-corrected chi connectivity index (χ3v) is 9.92. The Balaban J connectivity index is 1.17. The van der Waals surface area contributed by atoms with Crippen molar-refractivity contribution in [2.75, 3.05) is 24.7 Å². The number of fused-ring (bicyclic) bond motifs is 1. The second-order valence-electron chi connectivity index (χ2n) is 11.5. The van der Waals surface area contributed by atoms with Crippen LogP contribution in [-0.4, -0.2) is 47.9 Å². The zero-order valence-corrected chi connectivity index (χ0v) is 25.4. The number of benzene rings is 2. The van der Waals surface area contributed by atoms with Gasteiger partial charge in [0.15, 0.2) is 27.2 Å². The number of aromatic nitrogens is 3. The molecule has 2 N–H and O–H groups in total. The molecular weight excluding hydrogens is 583 g/mol. The molecule has 2 aromatic carbocycles. The first-order valence-corrected chi connectivity index (χ1v) is 16.3. The molecule has 4 aromatic rings. The molecule has 0 atom stereocenters. The van der Waals surface area contributed by atoms with Gasteiger partial charge in [-0.05, 0) is 78.6 Å². The van der Waals surface area contributed by atoms with Crippen molar-refractivity contribution >= 4 is 27.5 Å². The minimum atomic E-state index is -3.30. The minimum Gasteiger partial charge on any atom is -0.436 e. The Labute approximate surface area is 255 Å². The maximum absolute atomic E-state index is 14.0. The van der Waals surface area contributed by atoms with E-state index in [4.69, 9.17) is 15.2 Å². The lowest BCUT2D eigenvalue weighted by molar-refractivity contribution is 0.0723. The van der Waals surface area contributed by atoms with Gasteiger partial charge >= 0.3 is 0 Å². The molecule has 0 unspecified atom stereocenters. The van der Waals surface area contributed by atoms with Gasteiger partial charge < -0.3 is 15.2 Å². The predicted molar refractivity (Wildman–Crippen MR) is 165 cm³/mol. The number of nitrogen functional groups attached to an aromatic ring is 1. The van der Waals surface area contributed by atoms with E-state index in [2.05, 4.69) is 10.1 Å². The van der Waals surface area contributed by atoms with E-state index in [1.54, 1.807) is 18.2 Å². The molecule has 1 aliphatic carbocycles. The fraction of sp³-hybridized carbons (Fsp3) is 0.303. The van der Waals surface area contributed by atoms with Crippen LogP contribution in [0.4, 0.5) is 10.2 Å². The highest BCUT2D eigenvalue weighted by Gasteiger charge is 2.27. The molecule has 1 fully saturated rings. The molecule has 0 saturated carbocycles. The lowest BCUT2D eigenvalue weighted by atomic mass is 10.0. The van der Waals surface area contributed by atoms with Crippen molar-refractivity contribution in [1.29, 1.82) is 0 Å². The van der Waals surface area contributed by atoms with Crippen molar-refractivity contribution in [1.82, 2.24) is 14.8 Å². The second-order valence-corrected chi connectivity index (χ2v) is 13.6. The highest BCUT2D eigenvalue weighted by atomic mass is 32.2. The summed E-state index contributed by atoms with van der Waals surface area (Å²) >= 11 is 0. The van der Waals surface area contributed by atoms with E-state index < -0.39 is 15.7 Å². The normalized spacial score (nSPS) is 15.2. The summed E-state index contributed by atoms with van der Waals surface area (Å²) in [6, 6.07) is 11.6. The summed E-state index contributed by atoms with van der Waals surface area (Å²) in [5.74, 6) is -0.0525. The molecule has 44 heavy (non-hydrogen) atoms. The third-order valence-electron chi connectivity index (χ3n) is 8.19. The molecule has 2 aromatic heterocycles. The number of para-hydroxylation sites is 1. The number of ether oxygens (including phenoxy) is 2. The van der Waals surface area contributed by atoms with Gasteiger partial charge in [-0.2, -0.15) is 5.10 Å². The summed E-state index contributed by atoms with van der Waals surface area (Å²) in [7, 11) is -3.30. The molecule has 1 aliphatic heterocycles. The first-order valence-electron chi connectivity index (χ1n) is 14.5. The number of pyridine rings is 1. The van der Waals surface area contributed by atoms with E-state index in [-0.39, 0.29) is 46.2 Å². The number of allylic oxidation sites excluding steroid dienone is 1. The van der Waals surface area contributed by atoms with E-state index in [1.807, 2.05) is 32.1 Å². The molecule has 11 heteroatoms. The summed E-state index contributed by atoms with van der Waals surface area (Å²) in [4.78, 5) is 17.9. The molecule has 0 bridgehead atoms. The van der Waals surface area contributed by atoms with Crippen LogP contribution in [0.2, 0.25) is 0 Å². The number of anilines is 1. The summed E-state index contributed by atoms with van der Waals surface area (Å²) < 4.78 is 52.4. The fourth-order valence-corrected chi connectivity index (χ4v) is 7.72. The van der Waals surface area contributed by atoms with Crippen molar-refractivity contribution in [3.63, 3.8) is 0 Å².